The van der Waals surface area contributed by atoms with Gasteiger partial charge < -0.3 is 5.73 Å². The smallest absolute Gasteiger partial charge is 0.330 e. The van der Waals surface area contributed by atoms with Gasteiger partial charge in [-0.25, -0.2) is 0 Å². The summed E-state index contributed by atoms with van der Waals surface area (Å²) in [6.45, 7) is 4.12. The first kappa shape index (κ1) is 12.4. The quantitative estimate of drug-likeness (QED) is 0.868. The number of hydrogen-bond acceptors (Lipinski definition) is 2. The van der Waals surface area contributed by atoms with E-state index < -0.39 is 17.2 Å². The molecule has 1 heterocycles. The van der Waals surface area contributed by atoms with Gasteiger partial charge in [0.15, 0.2) is 0 Å². The summed E-state index contributed by atoms with van der Waals surface area (Å²) in [7, 11) is 0. The fraction of sp³-hybridized carbons (Fsp3) is 0.583. The lowest BCUT2D eigenvalue weighted by Gasteiger charge is -2.23. The van der Waals surface area contributed by atoms with E-state index in [-0.39, 0.29) is 17.5 Å². The first-order valence-electron chi connectivity index (χ1n) is 5.46. The first-order valence-corrected chi connectivity index (χ1v) is 5.46. The Kier molecular flexibility index (Phi) is 2.51. The van der Waals surface area contributed by atoms with Crippen LogP contribution in [0.5, 0.6) is 0 Å². The Labute approximate surface area is 98.0 Å². The molecule has 1 aliphatic rings. The van der Waals surface area contributed by atoms with Gasteiger partial charge in [-0.15, -0.1) is 0 Å². The second-order valence-corrected chi connectivity index (χ2v) is 5.27. The highest BCUT2D eigenvalue weighted by Gasteiger charge is 2.62. The van der Waals surface area contributed by atoms with Gasteiger partial charge in [-0.3, -0.25) is 4.98 Å². The van der Waals surface area contributed by atoms with E-state index >= 15 is 0 Å². The van der Waals surface area contributed by atoms with Crippen molar-refractivity contribution in [3.8, 4) is 0 Å². The maximum absolute atomic E-state index is 12.9. The number of halogens is 3. The van der Waals surface area contributed by atoms with Crippen LogP contribution in [0.3, 0.4) is 0 Å². The molecular formula is C12H15F3N2. The molecule has 1 aromatic heterocycles. The van der Waals surface area contributed by atoms with Gasteiger partial charge in [-0.1, -0.05) is 13.8 Å². The molecule has 1 aromatic rings. The van der Waals surface area contributed by atoms with Gasteiger partial charge in [0.1, 0.15) is 0 Å². The SMILES string of the molecule is CC1(C)CC1(CN)c1ccncc1C(F)(F)F. The highest BCUT2D eigenvalue weighted by molar-refractivity contribution is 5.43. The number of pyridine rings is 1. The van der Waals surface area contributed by atoms with Crippen LogP contribution >= 0.6 is 0 Å². The predicted octanol–water partition coefficient (Wildman–Crippen LogP) is 2.73. The zero-order valence-corrected chi connectivity index (χ0v) is 9.80. The summed E-state index contributed by atoms with van der Waals surface area (Å²) in [5.41, 5.74) is 4.60. The molecule has 0 aromatic carbocycles. The molecule has 0 saturated heterocycles. The van der Waals surface area contributed by atoms with Crippen LogP contribution in [-0.2, 0) is 11.6 Å². The van der Waals surface area contributed by atoms with Crippen LogP contribution in [0, 0.1) is 5.41 Å². The van der Waals surface area contributed by atoms with E-state index in [1.165, 1.54) is 12.3 Å². The van der Waals surface area contributed by atoms with Crippen molar-refractivity contribution in [2.75, 3.05) is 6.54 Å². The number of nitrogens with two attached hydrogens (primary N) is 1. The van der Waals surface area contributed by atoms with Gasteiger partial charge in [0.25, 0.3) is 0 Å². The number of hydrogen-bond donors (Lipinski definition) is 1. The molecule has 1 unspecified atom stereocenters. The normalized spacial score (nSPS) is 26.9. The summed E-state index contributed by atoms with van der Waals surface area (Å²) in [6, 6.07) is 1.45. The van der Waals surface area contributed by atoms with Crippen molar-refractivity contribution in [3.63, 3.8) is 0 Å². The molecule has 0 aliphatic heterocycles. The van der Waals surface area contributed by atoms with Crippen molar-refractivity contribution >= 4 is 0 Å². The Balaban J connectivity index is 2.54. The van der Waals surface area contributed by atoms with Gasteiger partial charge in [-0.05, 0) is 23.5 Å². The largest absolute Gasteiger partial charge is 0.418 e. The summed E-state index contributed by atoms with van der Waals surface area (Å²) in [5.74, 6) is 0. The third kappa shape index (κ3) is 1.73. The molecule has 1 fully saturated rings. The molecule has 0 radical (unpaired) electrons. The Morgan fingerprint density at radius 3 is 2.41 bits per heavy atom. The number of nitrogens with zero attached hydrogens (tertiary/aromatic N) is 1. The van der Waals surface area contributed by atoms with Gasteiger partial charge in [-0.2, -0.15) is 13.2 Å². The molecule has 2 nitrogen and oxygen atoms in total. The standard InChI is InChI=1S/C12H15F3N2/c1-10(2)6-11(10,7-16)8-3-4-17-5-9(8)12(13,14)15/h3-5H,6-7,16H2,1-2H3. The summed E-state index contributed by atoms with van der Waals surface area (Å²) < 4.78 is 38.7. The van der Waals surface area contributed by atoms with Crippen LogP contribution in [0.2, 0.25) is 0 Å². The van der Waals surface area contributed by atoms with Crippen molar-refractivity contribution in [1.82, 2.24) is 4.98 Å². The minimum absolute atomic E-state index is 0.177. The molecule has 0 spiro atoms. The van der Waals surface area contributed by atoms with E-state index in [0.717, 1.165) is 6.20 Å². The minimum Gasteiger partial charge on any atom is -0.330 e. The summed E-state index contributed by atoms with van der Waals surface area (Å²) >= 11 is 0. The lowest BCUT2D eigenvalue weighted by Crippen LogP contribution is -2.28. The fourth-order valence-corrected chi connectivity index (χ4v) is 2.67. The van der Waals surface area contributed by atoms with Crippen molar-refractivity contribution < 1.29 is 13.2 Å². The number of rotatable bonds is 2. The van der Waals surface area contributed by atoms with Gasteiger partial charge in [0.05, 0.1) is 5.56 Å². The van der Waals surface area contributed by atoms with Crippen molar-refractivity contribution in [3.05, 3.63) is 29.6 Å². The Bertz CT molecular complexity index is 440. The molecule has 1 aliphatic carbocycles. The Morgan fingerprint density at radius 1 is 1.41 bits per heavy atom. The van der Waals surface area contributed by atoms with Crippen LogP contribution < -0.4 is 5.73 Å². The molecule has 94 valence electrons. The summed E-state index contributed by atoms with van der Waals surface area (Å²) in [5, 5.41) is 0. The monoisotopic (exact) mass is 244 g/mol. The first-order chi connectivity index (χ1) is 7.74. The minimum atomic E-state index is -4.37. The molecule has 1 atom stereocenters. The highest BCUT2D eigenvalue weighted by atomic mass is 19.4. The van der Waals surface area contributed by atoms with Crippen LogP contribution in [0.4, 0.5) is 13.2 Å². The van der Waals surface area contributed by atoms with E-state index in [2.05, 4.69) is 4.98 Å². The average molecular weight is 244 g/mol. The number of aromatic nitrogens is 1. The Morgan fingerprint density at radius 2 is 2.00 bits per heavy atom. The van der Waals surface area contributed by atoms with Gasteiger partial charge in [0, 0.05) is 24.4 Å². The van der Waals surface area contributed by atoms with Crippen molar-refractivity contribution in [2.45, 2.75) is 31.9 Å². The molecule has 0 bridgehead atoms. The highest BCUT2D eigenvalue weighted by Crippen LogP contribution is 2.64. The number of alkyl halides is 3. The second kappa shape index (κ2) is 3.45. The zero-order chi connectivity index (χ0) is 12.9. The van der Waals surface area contributed by atoms with Gasteiger partial charge in [0.2, 0.25) is 0 Å². The average Bonchev–Trinajstić information content (AvgIpc) is 2.81. The van der Waals surface area contributed by atoms with E-state index in [4.69, 9.17) is 5.73 Å². The van der Waals surface area contributed by atoms with Crippen LogP contribution in [0.15, 0.2) is 18.5 Å². The third-order valence-corrected chi connectivity index (χ3v) is 3.90. The zero-order valence-electron chi connectivity index (χ0n) is 9.80. The van der Waals surface area contributed by atoms with Crippen LogP contribution in [0.1, 0.15) is 31.4 Å². The van der Waals surface area contributed by atoms with E-state index in [9.17, 15) is 13.2 Å². The maximum atomic E-state index is 12.9. The maximum Gasteiger partial charge on any atom is 0.418 e. The molecule has 17 heavy (non-hydrogen) atoms. The molecular weight excluding hydrogens is 229 g/mol. The van der Waals surface area contributed by atoms with Crippen LogP contribution in [0.25, 0.3) is 0 Å². The van der Waals surface area contributed by atoms with Crippen molar-refractivity contribution in [2.24, 2.45) is 11.1 Å². The topological polar surface area (TPSA) is 38.9 Å². The molecule has 2 rings (SSSR count). The fourth-order valence-electron chi connectivity index (χ4n) is 2.67. The lowest BCUT2D eigenvalue weighted by atomic mass is 9.85. The van der Waals surface area contributed by atoms with E-state index in [0.29, 0.717) is 6.42 Å². The molecule has 0 amide bonds. The second-order valence-electron chi connectivity index (χ2n) is 5.27. The summed E-state index contributed by atoms with van der Waals surface area (Å²) in [6.07, 6.45) is -1.40. The van der Waals surface area contributed by atoms with E-state index in [1.807, 2.05) is 13.8 Å². The molecule has 1 saturated carbocycles. The van der Waals surface area contributed by atoms with Gasteiger partial charge >= 0.3 is 6.18 Å². The molecule has 5 heteroatoms. The predicted molar refractivity (Wildman–Crippen MR) is 58.4 cm³/mol. The molecule has 2 N–H and O–H groups in total. The summed E-state index contributed by atoms with van der Waals surface area (Å²) in [4.78, 5) is 3.57. The van der Waals surface area contributed by atoms with Crippen LogP contribution in [-0.4, -0.2) is 11.5 Å². The third-order valence-electron chi connectivity index (χ3n) is 3.90. The van der Waals surface area contributed by atoms with Crippen molar-refractivity contribution in [1.29, 1.82) is 0 Å². The Hall–Kier alpha value is -1.10. The van der Waals surface area contributed by atoms with E-state index in [1.54, 1.807) is 0 Å². The lowest BCUT2D eigenvalue weighted by molar-refractivity contribution is -0.138.